The molecule has 3 aromatic rings. The summed E-state index contributed by atoms with van der Waals surface area (Å²) in [5, 5.41) is 11.6. The molecule has 0 aliphatic carbocycles. The van der Waals surface area contributed by atoms with Crippen LogP contribution in [0.4, 0.5) is 5.69 Å². The number of benzene rings is 1. The minimum atomic E-state index is 0.206. The molecule has 2 aromatic heterocycles. The van der Waals surface area contributed by atoms with Crippen LogP contribution in [0.2, 0.25) is 0 Å². The van der Waals surface area contributed by atoms with Gasteiger partial charge >= 0.3 is 0 Å². The maximum Gasteiger partial charge on any atom is 0.0858 e. The van der Waals surface area contributed by atoms with E-state index < -0.39 is 0 Å². The molecule has 1 unspecified atom stereocenters. The van der Waals surface area contributed by atoms with Gasteiger partial charge in [-0.3, -0.25) is 4.98 Å². The number of rotatable bonds is 4. The minimum absolute atomic E-state index is 0.206. The van der Waals surface area contributed by atoms with Crippen LogP contribution in [0.5, 0.6) is 0 Å². The van der Waals surface area contributed by atoms with E-state index in [4.69, 9.17) is 0 Å². The lowest BCUT2D eigenvalue weighted by molar-refractivity contribution is 0.752. The summed E-state index contributed by atoms with van der Waals surface area (Å²) in [5.74, 6) is 0. The van der Waals surface area contributed by atoms with Crippen molar-refractivity contribution in [1.82, 2.24) is 20.0 Å². The Hall–Kier alpha value is -2.69. The van der Waals surface area contributed by atoms with Gasteiger partial charge in [-0.05, 0) is 42.8 Å². The normalized spacial score (nSPS) is 12.1. The fourth-order valence-electron chi connectivity index (χ4n) is 2.01. The third-order valence-electron chi connectivity index (χ3n) is 3.08. The van der Waals surface area contributed by atoms with Gasteiger partial charge in [0.15, 0.2) is 0 Å². The number of hydrogen-bond donors (Lipinski definition) is 1. The Morgan fingerprint density at radius 2 is 1.75 bits per heavy atom. The topological polar surface area (TPSA) is 55.6 Å². The highest BCUT2D eigenvalue weighted by Gasteiger charge is 2.05. The van der Waals surface area contributed by atoms with Crippen molar-refractivity contribution in [3.05, 3.63) is 66.7 Å². The molecule has 0 radical (unpaired) electrons. The van der Waals surface area contributed by atoms with Crippen molar-refractivity contribution in [2.75, 3.05) is 5.32 Å². The Balaban J connectivity index is 1.72. The monoisotopic (exact) mass is 265 g/mol. The van der Waals surface area contributed by atoms with Crippen molar-refractivity contribution >= 4 is 5.69 Å². The minimum Gasteiger partial charge on any atom is -0.378 e. The molecule has 0 aliphatic heterocycles. The number of pyridine rings is 1. The third kappa shape index (κ3) is 2.66. The van der Waals surface area contributed by atoms with E-state index in [1.54, 1.807) is 23.4 Å². The predicted octanol–water partition coefficient (Wildman–Crippen LogP) is 2.84. The van der Waals surface area contributed by atoms with Gasteiger partial charge in [0.25, 0.3) is 0 Å². The molecule has 0 aliphatic rings. The maximum atomic E-state index is 4.14. The average Bonchev–Trinajstić information content (AvgIpc) is 3.03. The molecule has 1 aromatic carbocycles. The Labute approximate surface area is 117 Å². The predicted molar refractivity (Wildman–Crippen MR) is 77.6 cm³/mol. The Morgan fingerprint density at radius 3 is 2.40 bits per heavy atom. The van der Waals surface area contributed by atoms with Gasteiger partial charge in [-0.1, -0.05) is 6.07 Å². The van der Waals surface area contributed by atoms with Gasteiger partial charge in [0.1, 0.15) is 0 Å². The summed E-state index contributed by atoms with van der Waals surface area (Å²) in [7, 11) is 0. The number of aromatic nitrogens is 4. The molecule has 0 spiro atoms. The molecule has 1 atom stereocenters. The van der Waals surface area contributed by atoms with Crippen LogP contribution in [-0.2, 0) is 0 Å². The molecule has 0 saturated heterocycles. The van der Waals surface area contributed by atoms with Crippen LogP contribution in [0, 0.1) is 0 Å². The Bertz CT molecular complexity index is 647. The number of nitrogens with one attached hydrogen (secondary N) is 1. The van der Waals surface area contributed by atoms with Gasteiger partial charge in [-0.25, -0.2) is 0 Å². The van der Waals surface area contributed by atoms with Gasteiger partial charge in [0.05, 0.1) is 24.1 Å². The fraction of sp³-hybridized carbons (Fsp3) is 0.133. The molecule has 1 N–H and O–H groups in total. The number of nitrogens with zero attached hydrogens (tertiary/aromatic N) is 4. The van der Waals surface area contributed by atoms with Crippen LogP contribution < -0.4 is 5.32 Å². The molecule has 5 nitrogen and oxygen atoms in total. The molecule has 0 bridgehead atoms. The van der Waals surface area contributed by atoms with Gasteiger partial charge in [0, 0.05) is 18.1 Å². The van der Waals surface area contributed by atoms with E-state index in [2.05, 4.69) is 33.5 Å². The van der Waals surface area contributed by atoms with Crippen LogP contribution in [0.25, 0.3) is 5.69 Å². The molecule has 20 heavy (non-hydrogen) atoms. The zero-order chi connectivity index (χ0) is 13.8. The number of hydrogen-bond acceptors (Lipinski definition) is 4. The fourth-order valence-corrected chi connectivity index (χ4v) is 2.01. The van der Waals surface area contributed by atoms with Crippen LogP contribution >= 0.6 is 0 Å². The van der Waals surface area contributed by atoms with Crippen LogP contribution in [-0.4, -0.2) is 20.0 Å². The van der Waals surface area contributed by atoms with Crippen molar-refractivity contribution in [2.45, 2.75) is 13.0 Å². The molecular formula is C15H15N5. The van der Waals surface area contributed by atoms with E-state index in [1.165, 1.54) is 0 Å². The van der Waals surface area contributed by atoms with Gasteiger partial charge in [0.2, 0.25) is 0 Å². The molecular weight excluding hydrogens is 250 g/mol. The highest BCUT2D eigenvalue weighted by atomic mass is 15.5. The summed E-state index contributed by atoms with van der Waals surface area (Å²) in [4.78, 5) is 5.73. The van der Waals surface area contributed by atoms with E-state index in [0.717, 1.165) is 16.9 Å². The zero-order valence-electron chi connectivity index (χ0n) is 11.1. The first-order valence-corrected chi connectivity index (χ1v) is 6.46. The summed E-state index contributed by atoms with van der Waals surface area (Å²) in [5.41, 5.74) is 3.15. The second-order valence-electron chi connectivity index (χ2n) is 4.52. The SMILES string of the molecule is CC(Nc1ccc(-n2nccn2)cc1)c1cccnc1. The van der Waals surface area contributed by atoms with Gasteiger partial charge in [-0.15, -0.1) is 0 Å². The van der Waals surface area contributed by atoms with Gasteiger partial charge < -0.3 is 5.32 Å². The second kappa shape index (κ2) is 5.52. The Morgan fingerprint density at radius 1 is 1.00 bits per heavy atom. The van der Waals surface area contributed by atoms with Crippen LogP contribution in [0.3, 0.4) is 0 Å². The van der Waals surface area contributed by atoms with Crippen molar-refractivity contribution in [3.8, 4) is 5.69 Å². The number of anilines is 1. The van der Waals surface area contributed by atoms with Crippen molar-refractivity contribution in [3.63, 3.8) is 0 Å². The smallest absolute Gasteiger partial charge is 0.0858 e. The first-order valence-electron chi connectivity index (χ1n) is 6.46. The largest absolute Gasteiger partial charge is 0.378 e. The molecule has 0 saturated carbocycles. The summed E-state index contributed by atoms with van der Waals surface area (Å²) in [6.07, 6.45) is 6.98. The summed E-state index contributed by atoms with van der Waals surface area (Å²) >= 11 is 0. The highest BCUT2D eigenvalue weighted by Crippen LogP contribution is 2.19. The summed E-state index contributed by atoms with van der Waals surface area (Å²) < 4.78 is 0. The molecule has 100 valence electrons. The standard InChI is InChI=1S/C15H15N5/c1-12(13-3-2-8-16-11-13)19-14-4-6-15(7-5-14)20-17-9-10-18-20/h2-12,19H,1H3. The van der Waals surface area contributed by atoms with Gasteiger partial charge in [-0.2, -0.15) is 15.0 Å². The quantitative estimate of drug-likeness (QED) is 0.788. The maximum absolute atomic E-state index is 4.14. The van der Waals surface area contributed by atoms with E-state index in [0.29, 0.717) is 0 Å². The second-order valence-corrected chi connectivity index (χ2v) is 4.52. The van der Waals surface area contributed by atoms with E-state index >= 15 is 0 Å². The van der Waals surface area contributed by atoms with Crippen molar-refractivity contribution < 1.29 is 0 Å². The summed E-state index contributed by atoms with van der Waals surface area (Å²) in [6.45, 7) is 2.11. The lowest BCUT2D eigenvalue weighted by Gasteiger charge is -2.15. The average molecular weight is 265 g/mol. The van der Waals surface area contributed by atoms with Crippen LogP contribution in [0.1, 0.15) is 18.5 Å². The van der Waals surface area contributed by atoms with E-state index in [1.807, 2.05) is 36.5 Å². The van der Waals surface area contributed by atoms with E-state index in [-0.39, 0.29) is 6.04 Å². The zero-order valence-corrected chi connectivity index (χ0v) is 11.1. The van der Waals surface area contributed by atoms with Crippen molar-refractivity contribution in [1.29, 1.82) is 0 Å². The first-order chi connectivity index (χ1) is 9.83. The first kappa shape index (κ1) is 12.3. The van der Waals surface area contributed by atoms with Crippen LogP contribution in [0.15, 0.2) is 61.2 Å². The third-order valence-corrected chi connectivity index (χ3v) is 3.08. The van der Waals surface area contributed by atoms with Crippen molar-refractivity contribution in [2.24, 2.45) is 0 Å². The highest BCUT2D eigenvalue weighted by molar-refractivity contribution is 5.49. The molecule has 3 rings (SSSR count). The molecule has 2 heterocycles. The lowest BCUT2D eigenvalue weighted by Crippen LogP contribution is -2.07. The molecule has 5 heteroatoms. The van der Waals surface area contributed by atoms with E-state index in [9.17, 15) is 0 Å². The molecule has 0 amide bonds. The summed E-state index contributed by atoms with van der Waals surface area (Å²) in [6, 6.07) is 12.2. The Kier molecular flexibility index (Phi) is 3.41. The molecule has 0 fully saturated rings. The lowest BCUT2D eigenvalue weighted by atomic mass is 10.1.